The van der Waals surface area contributed by atoms with Gasteiger partial charge in [-0.3, -0.25) is 9.79 Å². The molecule has 0 aromatic rings. The molecule has 0 saturated heterocycles. The van der Waals surface area contributed by atoms with E-state index in [1.807, 2.05) is 0 Å². The van der Waals surface area contributed by atoms with E-state index in [9.17, 15) is 4.79 Å². The maximum Gasteiger partial charge on any atom is 0.244 e. The van der Waals surface area contributed by atoms with E-state index in [4.69, 9.17) is 22.9 Å². The largest absolute Gasteiger partial charge is 0.370 e. The van der Waals surface area contributed by atoms with Gasteiger partial charge in [-0.05, 0) is 25.7 Å². The van der Waals surface area contributed by atoms with Gasteiger partial charge in [0.2, 0.25) is 5.91 Å². The van der Waals surface area contributed by atoms with Gasteiger partial charge < -0.3 is 28.3 Å². The second-order valence-electron chi connectivity index (χ2n) is 7.35. The predicted octanol–water partition coefficient (Wildman–Crippen LogP) is 2.11. The third kappa shape index (κ3) is 17.4. The number of carbonyl (C=O) groups excluding carboxylic acids is 1. The first kappa shape index (κ1) is 26.0. The molecule has 0 unspecified atom stereocenters. The van der Waals surface area contributed by atoms with E-state index >= 15 is 0 Å². The molecule has 0 rings (SSSR count). The van der Waals surface area contributed by atoms with Crippen LogP contribution in [0, 0.1) is 0 Å². The molecular weight excluding hydrogens is 354 g/mol. The fraction of sp³-hybridized carbons (Fsp3) is 0.850. The van der Waals surface area contributed by atoms with Crippen LogP contribution < -0.4 is 28.3 Å². The number of nitrogens with zero attached hydrogens (tertiary/aromatic N) is 2. The average molecular weight is 398 g/mol. The maximum absolute atomic E-state index is 12.3. The van der Waals surface area contributed by atoms with E-state index < -0.39 is 6.04 Å². The van der Waals surface area contributed by atoms with Crippen molar-refractivity contribution in [2.75, 3.05) is 13.1 Å². The lowest BCUT2D eigenvalue weighted by molar-refractivity contribution is -0.122. The quantitative estimate of drug-likeness (QED) is 0.136. The Bertz CT molecular complexity index is 444. The summed E-state index contributed by atoms with van der Waals surface area (Å²) in [6.07, 6.45) is 14.8. The molecule has 0 saturated carbocycles. The molecule has 1 atom stereocenters. The Balaban J connectivity index is 3.84. The summed E-state index contributed by atoms with van der Waals surface area (Å²) in [5.41, 5.74) is 21.5. The number of unbranched alkanes of at least 4 members (excludes halogenated alkanes) is 10. The van der Waals surface area contributed by atoms with Crippen LogP contribution in [0.3, 0.4) is 0 Å². The van der Waals surface area contributed by atoms with E-state index in [-0.39, 0.29) is 17.8 Å². The Morgan fingerprint density at radius 3 is 1.89 bits per heavy atom. The van der Waals surface area contributed by atoms with Crippen LogP contribution in [-0.2, 0) is 4.79 Å². The minimum Gasteiger partial charge on any atom is -0.370 e. The number of hydrogen-bond acceptors (Lipinski definition) is 3. The van der Waals surface area contributed by atoms with Gasteiger partial charge in [0.15, 0.2) is 11.9 Å². The van der Waals surface area contributed by atoms with Crippen molar-refractivity contribution < 1.29 is 4.79 Å². The van der Waals surface area contributed by atoms with Gasteiger partial charge in [0.1, 0.15) is 6.04 Å². The van der Waals surface area contributed by atoms with Crippen LogP contribution in [0.5, 0.6) is 0 Å². The first-order valence-electron chi connectivity index (χ1n) is 10.9. The van der Waals surface area contributed by atoms with Crippen molar-refractivity contribution in [3.05, 3.63) is 0 Å². The molecule has 0 fully saturated rings. The van der Waals surface area contributed by atoms with Crippen molar-refractivity contribution in [3.8, 4) is 0 Å². The second-order valence-corrected chi connectivity index (χ2v) is 7.35. The molecule has 28 heavy (non-hydrogen) atoms. The van der Waals surface area contributed by atoms with Crippen molar-refractivity contribution in [2.24, 2.45) is 32.9 Å². The molecule has 0 radical (unpaired) electrons. The zero-order valence-corrected chi connectivity index (χ0v) is 17.8. The van der Waals surface area contributed by atoms with E-state index in [1.54, 1.807) is 0 Å². The van der Waals surface area contributed by atoms with Crippen LogP contribution >= 0.6 is 0 Å². The minimum absolute atomic E-state index is 0.0664. The monoisotopic (exact) mass is 397 g/mol. The molecule has 0 spiro atoms. The van der Waals surface area contributed by atoms with Crippen LogP contribution in [0.1, 0.15) is 90.4 Å². The fourth-order valence-electron chi connectivity index (χ4n) is 3.03. The fourth-order valence-corrected chi connectivity index (χ4v) is 3.03. The summed E-state index contributed by atoms with van der Waals surface area (Å²) in [4.78, 5) is 20.3. The number of hydrogen-bond donors (Lipinski definition) is 5. The molecule has 0 aliphatic rings. The third-order valence-electron chi connectivity index (χ3n) is 4.62. The van der Waals surface area contributed by atoms with E-state index in [1.165, 1.54) is 51.4 Å². The minimum atomic E-state index is -0.549. The van der Waals surface area contributed by atoms with Crippen LogP contribution in [0.2, 0.25) is 0 Å². The van der Waals surface area contributed by atoms with Gasteiger partial charge >= 0.3 is 0 Å². The molecule has 0 aliphatic heterocycles. The molecule has 8 nitrogen and oxygen atoms in total. The standard InChI is InChI=1S/C20H43N7O/c1-2-3-4-5-6-7-8-9-10-12-15-25-18(28)17(27-20(23)24)14-11-13-16-26-19(21)22/h17H,2-16H2,1H3,(H,25,28)(H4,21,22,26)(H4,23,24,27)/t17-/m1/s1. The van der Waals surface area contributed by atoms with Crippen molar-refractivity contribution in [1.82, 2.24) is 5.32 Å². The summed E-state index contributed by atoms with van der Waals surface area (Å²) in [6, 6.07) is -0.549. The van der Waals surface area contributed by atoms with Crippen molar-refractivity contribution in [2.45, 2.75) is 96.4 Å². The number of rotatable bonds is 18. The molecule has 9 N–H and O–H groups in total. The first-order chi connectivity index (χ1) is 13.5. The molecule has 0 bridgehead atoms. The van der Waals surface area contributed by atoms with Crippen molar-refractivity contribution in [1.29, 1.82) is 0 Å². The lowest BCUT2D eigenvalue weighted by Gasteiger charge is -2.13. The predicted molar refractivity (Wildman–Crippen MR) is 119 cm³/mol. The van der Waals surface area contributed by atoms with E-state index in [0.717, 1.165) is 25.7 Å². The molecular formula is C20H43N7O. The summed E-state index contributed by atoms with van der Waals surface area (Å²) in [5, 5.41) is 2.95. The van der Waals surface area contributed by atoms with Gasteiger partial charge in [-0.15, -0.1) is 0 Å². The molecule has 8 heteroatoms. The first-order valence-corrected chi connectivity index (χ1v) is 10.9. The molecule has 0 aliphatic carbocycles. The summed E-state index contributed by atoms with van der Waals surface area (Å²) in [7, 11) is 0. The number of nitrogens with one attached hydrogen (secondary N) is 1. The highest BCUT2D eigenvalue weighted by atomic mass is 16.2. The van der Waals surface area contributed by atoms with Crippen LogP contribution in [-0.4, -0.2) is 37.0 Å². The van der Waals surface area contributed by atoms with Gasteiger partial charge in [-0.25, -0.2) is 4.99 Å². The average Bonchev–Trinajstić information content (AvgIpc) is 2.64. The van der Waals surface area contributed by atoms with Crippen molar-refractivity contribution in [3.63, 3.8) is 0 Å². The highest BCUT2D eigenvalue weighted by Crippen LogP contribution is 2.10. The Hall–Kier alpha value is -1.99. The molecule has 0 aromatic carbocycles. The summed E-state index contributed by atoms with van der Waals surface area (Å²) in [5.74, 6) is -0.107. The Kier molecular flexibility index (Phi) is 17.1. The molecule has 0 heterocycles. The number of aliphatic imine (C=N–C) groups is 2. The summed E-state index contributed by atoms with van der Waals surface area (Å²) < 4.78 is 0. The van der Waals surface area contributed by atoms with Crippen LogP contribution in [0.25, 0.3) is 0 Å². The van der Waals surface area contributed by atoms with Crippen LogP contribution in [0.15, 0.2) is 9.98 Å². The molecule has 1 amide bonds. The second kappa shape index (κ2) is 18.4. The van der Waals surface area contributed by atoms with Gasteiger partial charge in [0, 0.05) is 13.1 Å². The third-order valence-corrected chi connectivity index (χ3v) is 4.62. The Morgan fingerprint density at radius 2 is 1.36 bits per heavy atom. The number of amides is 1. The van der Waals surface area contributed by atoms with Crippen LogP contribution in [0.4, 0.5) is 0 Å². The van der Waals surface area contributed by atoms with Gasteiger partial charge in [0.05, 0.1) is 0 Å². The van der Waals surface area contributed by atoms with Crippen molar-refractivity contribution >= 4 is 17.8 Å². The zero-order valence-electron chi connectivity index (χ0n) is 17.8. The SMILES string of the molecule is CCCCCCCCCCCCNC(=O)[C@@H](CCCCN=C(N)N)N=C(N)N. The van der Waals surface area contributed by atoms with Gasteiger partial charge in [0.25, 0.3) is 0 Å². The topological polar surface area (TPSA) is 158 Å². The molecule has 0 aromatic heterocycles. The van der Waals surface area contributed by atoms with E-state index in [0.29, 0.717) is 19.5 Å². The lowest BCUT2D eigenvalue weighted by Crippen LogP contribution is -2.37. The number of nitrogens with two attached hydrogens (primary N) is 4. The van der Waals surface area contributed by atoms with E-state index in [2.05, 4.69) is 22.2 Å². The lowest BCUT2D eigenvalue weighted by atomic mass is 10.1. The number of carbonyl (C=O) groups is 1. The maximum atomic E-state index is 12.3. The molecule has 164 valence electrons. The highest BCUT2D eigenvalue weighted by Gasteiger charge is 2.16. The summed E-state index contributed by atoms with van der Waals surface area (Å²) in [6.45, 7) is 3.45. The van der Waals surface area contributed by atoms with Gasteiger partial charge in [-0.2, -0.15) is 0 Å². The highest BCUT2D eigenvalue weighted by molar-refractivity contribution is 5.85. The van der Waals surface area contributed by atoms with Gasteiger partial charge in [-0.1, -0.05) is 64.7 Å². The zero-order chi connectivity index (χ0) is 21.0. The Morgan fingerprint density at radius 1 is 0.786 bits per heavy atom. The normalized spacial score (nSPS) is 11.6. The Labute approximate surface area is 171 Å². The smallest absolute Gasteiger partial charge is 0.244 e. The number of guanidine groups is 2. The summed E-state index contributed by atoms with van der Waals surface area (Å²) >= 11 is 0.